The van der Waals surface area contributed by atoms with Crippen LogP contribution in [0.25, 0.3) is 10.9 Å². The number of hydrogen-bond acceptors (Lipinski definition) is 3. The first-order chi connectivity index (χ1) is 13.6. The van der Waals surface area contributed by atoms with Crippen LogP contribution in [0.1, 0.15) is 24.0 Å². The lowest BCUT2D eigenvalue weighted by Crippen LogP contribution is -2.40. The molecule has 0 radical (unpaired) electrons. The topological polar surface area (TPSA) is 45.2 Å². The Kier molecular flexibility index (Phi) is 5.62. The maximum Gasteiger partial charge on any atom is 0.223 e. The van der Waals surface area contributed by atoms with Crippen molar-refractivity contribution in [3.63, 3.8) is 0 Å². The third kappa shape index (κ3) is 4.36. The number of carbonyl (C=O) groups excluding carboxylic acids is 1. The quantitative estimate of drug-likeness (QED) is 0.634. The predicted octanol–water partition coefficient (Wildman–Crippen LogP) is 4.84. The molecule has 1 saturated heterocycles. The molecule has 4 nitrogen and oxygen atoms in total. The van der Waals surface area contributed by atoms with Gasteiger partial charge in [-0.1, -0.05) is 45.8 Å². The van der Waals surface area contributed by atoms with Crippen LogP contribution in [0.5, 0.6) is 0 Å². The number of anilines is 1. The number of aryl methyl sites for hydroxylation is 1. The standard InChI is InChI=1S/C23H24BrN3O/c1-16-2-4-17(5-3-16)15-25-23(28)18-10-12-27(13-11-18)22-9-6-19-14-20(24)7-8-21(19)26-22/h2-9,14,18H,10-13,15H2,1H3,(H,25,28). The van der Waals surface area contributed by atoms with Crippen molar-refractivity contribution in [3.8, 4) is 0 Å². The Balaban J connectivity index is 1.33. The number of rotatable bonds is 4. The first kappa shape index (κ1) is 18.9. The molecule has 0 bridgehead atoms. The Bertz CT molecular complexity index is 979. The normalized spacial score (nSPS) is 15.0. The number of pyridine rings is 1. The Labute approximate surface area is 174 Å². The van der Waals surface area contributed by atoms with E-state index in [4.69, 9.17) is 4.98 Å². The van der Waals surface area contributed by atoms with E-state index in [1.54, 1.807) is 0 Å². The van der Waals surface area contributed by atoms with Gasteiger partial charge in [0.15, 0.2) is 0 Å². The molecule has 0 aliphatic carbocycles. The zero-order valence-electron chi connectivity index (χ0n) is 16.0. The Morgan fingerprint density at radius 3 is 2.61 bits per heavy atom. The van der Waals surface area contributed by atoms with Gasteiger partial charge in [-0.05, 0) is 55.7 Å². The molecule has 1 N–H and O–H groups in total. The van der Waals surface area contributed by atoms with Crippen LogP contribution in [-0.2, 0) is 11.3 Å². The molecule has 0 saturated carbocycles. The number of carbonyl (C=O) groups is 1. The maximum atomic E-state index is 12.5. The van der Waals surface area contributed by atoms with Crippen LogP contribution in [0, 0.1) is 12.8 Å². The molecule has 28 heavy (non-hydrogen) atoms. The van der Waals surface area contributed by atoms with Crippen LogP contribution in [0.15, 0.2) is 59.1 Å². The van der Waals surface area contributed by atoms with E-state index in [0.717, 1.165) is 52.7 Å². The highest BCUT2D eigenvalue weighted by molar-refractivity contribution is 9.10. The van der Waals surface area contributed by atoms with E-state index >= 15 is 0 Å². The molecule has 1 fully saturated rings. The molecule has 3 aromatic rings. The Morgan fingerprint density at radius 1 is 1.11 bits per heavy atom. The van der Waals surface area contributed by atoms with Crippen LogP contribution in [0.2, 0.25) is 0 Å². The van der Waals surface area contributed by atoms with Crippen molar-refractivity contribution in [1.29, 1.82) is 0 Å². The van der Waals surface area contributed by atoms with Crippen LogP contribution >= 0.6 is 15.9 Å². The van der Waals surface area contributed by atoms with Crippen molar-refractivity contribution in [1.82, 2.24) is 10.3 Å². The average molecular weight is 438 g/mol. The lowest BCUT2D eigenvalue weighted by molar-refractivity contribution is -0.125. The Hall–Kier alpha value is -2.40. The van der Waals surface area contributed by atoms with Crippen molar-refractivity contribution in [3.05, 3.63) is 70.2 Å². The SMILES string of the molecule is Cc1ccc(CNC(=O)C2CCN(c3ccc4cc(Br)ccc4n3)CC2)cc1. The largest absolute Gasteiger partial charge is 0.357 e. The highest BCUT2D eigenvalue weighted by Gasteiger charge is 2.25. The van der Waals surface area contributed by atoms with Crippen LogP contribution in [0.4, 0.5) is 5.82 Å². The summed E-state index contributed by atoms with van der Waals surface area (Å²) < 4.78 is 1.06. The van der Waals surface area contributed by atoms with Gasteiger partial charge in [0, 0.05) is 35.4 Å². The maximum absolute atomic E-state index is 12.5. The summed E-state index contributed by atoms with van der Waals surface area (Å²) in [5.74, 6) is 1.24. The second-order valence-corrected chi connectivity index (χ2v) is 8.39. The summed E-state index contributed by atoms with van der Waals surface area (Å²) in [5, 5.41) is 4.22. The lowest BCUT2D eigenvalue weighted by Gasteiger charge is -2.32. The molecule has 5 heteroatoms. The number of aromatic nitrogens is 1. The van der Waals surface area contributed by atoms with Gasteiger partial charge in [0.2, 0.25) is 5.91 Å². The van der Waals surface area contributed by atoms with Gasteiger partial charge in [-0.15, -0.1) is 0 Å². The predicted molar refractivity (Wildman–Crippen MR) is 117 cm³/mol. The van der Waals surface area contributed by atoms with E-state index < -0.39 is 0 Å². The van der Waals surface area contributed by atoms with Crippen molar-refractivity contribution < 1.29 is 4.79 Å². The highest BCUT2D eigenvalue weighted by atomic mass is 79.9. The number of piperidine rings is 1. The monoisotopic (exact) mass is 437 g/mol. The number of benzene rings is 2. The van der Waals surface area contributed by atoms with Gasteiger partial charge in [-0.2, -0.15) is 0 Å². The van der Waals surface area contributed by atoms with Crippen LogP contribution < -0.4 is 10.2 Å². The molecule has 1 aliphatic rings. The molecule has 0 atom stereocenters. The third-order valence-corrected chi connectivity index (χ3v) is 5.91. The molecule has 0 unspecified atom stereocenters. The van der Waals surface area contributed by atoms with E-state index in [-0.39, 0.29) is 11.8 Å². The fourth-order valence-corrected chi connectivity index (χ4v) is 4.05. The number of fused-ring (bicyclic) bond motifs is 1. The number of hydrogen-bond donors (Lipinski definition) is 1. The fourth-order valence-electron chi connectivity index (χ4n) is 3.67. The van der Waals surface area contributed by atoms with Gasteiger partial charge in [-0.25, -0.2) is 4.98 Å². The minimum atomic E-state index is 0.0816. The van der Waals surface area contributed by atoms with E-state index in [0.29, 0.717) is 6.54 Å². The molecular formula is C23H24BrN3O. The van der Waals surface area contributed by atoms with Gasteiger partial charge >= 0.3 is 0 Å². The van der Waals surface area contributed by atoms with E-state index in [1.165, 1.54) is 5.56 Å². The van der Waals surface area contributed by atoms with Crippen molar-refractivity contribution in [2.45, 2.75) is 26.3 Å². The summed E-state index contributed by atoms with van der Waals surface area (Å²) in [7, 11) is 0. The van der Waals surface area contributed by atoms with Crippen molar-refractivity contribution in [2.24, 2.45) is 5.92 Å². The second kappa shape index (κ2) is 8.31. The molecule has 4 rings (SSSR count). The van der Waals surface area contributed by atoms with E-state index in [1.807, 2.05) is 12.1 Å². The summed E-state index contributed by atoms with van der Waals surface area (Å²) in [6.45, 7) is 4.38. The third-order valence-electron chi connectivity index (χ3n) is 5.41. The van der Waals surface area contributed by atoms with Gasteiger partial charge in [0.25, 0.3) is 0 Å². The number of nitrogens with zero attached hydrogens (tertiary/aromatic N) is 2. The van der Waals surface area contributed by atoms with Gasteiger partial charge in [-0.3, -0.25) is 4.79 Å². The van der Waals surface area contributed by atoms with Crippen molar-refractivity contribution >= 4 is 38.6 Å². The van der Waals surface area contributed by atoms with Crippen LogP contribution in [-0.4, -0.2) is 24.0 Å². The minimum absolute atomic E-state index is 0.0816. The zero-order valence-corrected chi connectivity index (χ0v) is 17.6. The summed E-state index contributed by atoms with van der Waals surface area (Å²) in [6.07, 6.45) is 1.72. The molecular weight excluding hydrogens is 414 g/mol. The minimum Gasteiger partial charge on any atom is -0.357 e. The molecule has 0 spiro atoms. The van der Waals surface area contributed by atoms with Crippen LogP contribution in [0.3, 0.4) is 0 Å². The van der Waals surface area contributed by atoms with Gasteiger partial charge in [0.05, 0.1) is 5.52 Å². The fraction of sp³-hybridized carbons (Fsp3) is 0.304. The molecule has 2 heterocycles. The Morgan fingerprint density at radius 2 is 1.86 bits per heavy atom. The molecule has 1 aliphatic heterocycles. The van der Waals surface area contributed by atoms with Gasteiger partial charge in [0.1, 0.15) is 5.82 Å². The van der Waals surface area contributed by atoms with E-state index in [9.17, 15) is 4.79 Å². The molecule has 1 amide bonds. The highest BCUT2D eigenvalue weighted by Crippen LogP contribution is 2.25. The summed E-state index contributed by atoms with van der Waals surface area (Å²) in [6, 6.07) is 18.6. The lowest BCUT2D eigenvalue weighted by atomic mass is 9.95. The van der Waals surface area contributed by atoms with Gasteiger partial charge < -0.3 is 10.2 Å². The molecule has 2 aromatic carbocycles. The number of halogens is 1. The average Bonchev–Trinajstić information content (AvgIpc) is 2.73. The summed E-state index contributed by atoms with van der Waals surface area (Å²) in [4.78, 5) is 19.6. The first-order valence-electron chi connectivity index (χ1n) is 9.73. The number of nitrogens with one attached hydrogen (secondary N) is 1. The zero-order chi connectivity index (χ0) is 19.5. The summed E-state index contributed by atoms with van der Waals surface area (Å²) >= 11 is 3.50. The summed E-state index contributed by atoms with van der Waals surface area (Å²) in [5.41, 5.74) is 3.37. The second-order valence-electron chi connectivity index (χ2n) is 7.47. The van der Waals surface area contributed by atoms with Crippen molar-refractivity contribution in [2.75, 3.05) is 18.0 Å². The number of amides is 1. The molecule has 1 aromatic heterocycles. The molecule has 144 valence electrons. The first-order valence-corrected chi connectivity index (χ1v) is 10.5. The smallest absolute Gasteiger partial charge is 0.223 e. The van der Waals surface area contributed by atoms with E-state index in [2.05, 4.69) is 75.5 Å².